The van der Waals surface area contributed by atoms with Crippen LogP contribution in [-0.4, -0.2) is 62.5 Å². The van der Waals surface area contributed by atoms with E-state index in [0.717, 1.165) is 32.6 Å². The zero-order chi connectivity index (χ0) is 11.8. The van der Waals surface area contributed by atoms with Crippen LogP contribution in [0, 0.1) is 0 Å². The van der Waals surface area contributed by atoms with Gasteiger partial charge in [0.1, 0.15) is 0 Å². The van der Waals surface area contributed by atoms with Crippen LogP contribution in [0.25, 0.3) is 0 Å². The molecule has 0 aliphatic carbocycles. The standard InChI is InChI=1S/C12H25N3O/c1-14(2)8-4-3-7-13-11-12(16)15-9-5-6-10-15/h13H,3-11H2,1-2H3. The number of carbonyl (C=O) groups excluding carboxylic acids is 1. The van der Waals surface area contributed by atoms with E-state index in [1.807, 2.05) is 4.90 Å². The van der Waals surface area contributed by atoms with Gasteiger partial charge in [0.25, 0.3) is 0 Å². The number of amides is 1. The number of nitrogens with zero attached hydrogens (tertiary/aromatic N) is 2. The zero-order valence-corrected chi connectivity index (χ0v) is 10.7. The fourth-order valence-corrected chi connectivity index (χ4v) is 1.95. The summed E-state index contributed by atoms with van der Waals surface area (Å²) < 4.78 is 0. The lowest BCUT2D eigenvalue weighted by Crippen LogP contribution is -2.36. The first-order valence-electron chi connectivity index (χ1n) is 6.33. The molecule has 1 aliphatic rings. The normalized spacial score (nSPS) is 16.1. The molecule has 1 aliphatic heterocycles. The van der Waals surface area contributed by atoms with Gasteiger partial charge in [-0.05, 0) is 52.9 Å². The second-order valence-corrected chi connectivity index (χ2v) is 4.78. The average molecular weight is 227 g/mol. The molecule has 0 unspecified atom stereocenters. The van der Waals surface area contributed by atoms with Crippen molar-refractivity contribution < 1.29 is 4.79 Å². The third-order valence-corrected chi connectivity index (χ3v) is 2.94. The van der Waals surface area contributed by atoms with E-state index in [-0.39, 0.29) is 5.91 Å². The molecule has 0 atom stereocenters. The summed E-state index contributed by atoms with van der Waals surface area (Å²) in [5.41, 5.74) is 0. The topological polar surface area (TPSA) is 35.6 Å². The number of unbranched alkanes of at least 4 members (excludes halogenated alkanes) is 1. The second-order valence-electron chi connectivity index (χ2n) is 4.78. The Morgan fingerprint density at radius 1 is 1.25 bits per heavy atom. The Hall–Kier alpha value is -0.610. The van der Waals surface area contributed by atoms with Crippen molar-refractivity contribution in [1.29, 1.82) is 0 Å². The molecule has 94 valence electrons. The van der Waals surface area contributed by atoms with Crippen LogP contribution < -0.4 is 5.32 Å². The summed E-state index contributed by atoms with van der Waals surface area (Å²) in [5, 5.41) is 3.23. The quantitative estimate of drug-likeness (QED) is 0.645. The minimum Gasteiger partial charge on any atom is -0.342 e. The summed E-state index contributed by atoms with van der Waals surface area (Å²) in [6.07, 6.45) is 4.69. The predicted molar refractivity (Wildman–Crippen MR) is 66.5 cm³/mol. The maximum absolute atomic E-state index is 11.6. The predicted octanol–water partition coefficient (Wildman–Crippen LogP) is 0.540. The molecule has 1 rings (SSSR count). The van der Waals surface area contributed by atoms with Crippen molar-refractivity contribution in [2.75, 3.05) is 46.8 Å². The Kier molecular flexibility index (Phi) is 6.42. The lowest BCUT2D eigenvalue weighted by atomic mass is 10.3. The molecular formula is C12H25N3O. The molecule has 0 spiro atoms. The van der Waals surface area contributed by atoms with E-state index in [4.69, 9.17) is 0 Å². The van der Waals surface area contributed by atoms with E-state index in [0.29, 0.717) is 6.54 Å². The highest BCUT2D eigenvalue weighted by atomic mass is 16.2. The van der Waals surface area contributed by atoms with Gasteiger partial charge in [-0.15, -0.1) is 0 Å². The molecular weight excluding hydrogens is 202 g/mol. The van der Waals surface area contributed by atoms with E-state index >= 15 is 0 Å². The van der Waals surface area contributed by atoms with Gasteiger partial charge in [0.2, 0.25) is 5.91 Å². The van der Waals surface area contributed by atoms with Crippen LogP contribution in [0.15, 0.2) is 0 Å². The van der Waals surface area contributed by atoms with Crippen LogP contribution in [0.5, 0.6) is 0 Å². The van der Waals surface area contributed by atoms with Gasteiger partial charge in [-0.1, -0.05) is 0 Å². The minimum atomic E-state index is 0.269. The average Bonchev–Trinajstić information content (AvgIpc) is 2.75. The fraction of sp³-hybridized carbons (Fsp3) is 0.917. The van der Waals surface area contributed by atoms with Crippen molar-refractivity contribution in [1.82, 2.24) is 15.1 Å². The van der Waals surface area contributed by atoms with Crippen LogP contribution in [0.2, 0.25) is 0 Å². The number of hydrogen-bond donors (Lipinski definition) is 1. The first kappa shape index (κ1) is 13.5. The Labute approximate surface area is 99.0 Å². The number of hydrogen-bond acceptors (Lipinski definition) is 3. The minimum absolute atomic E-state index is 0.269. The van der Waals surface area contributed by atoms with E-state index < -0.39 is 0 Å². The first-order valence-corrected chi connectivity index (χ1v) is 6.33. The summed E-state index contributed by atoms with van der Waals surface area (Å²) in [7, 11) is 4.18. The van der Waals surface area contributed by atoms with Crippen molar-refractivity contribution in [2.24, 2.45) is 0 Å². The van der Waals surface area contributed by atoms with Crippen LogP contribution >= 0.6 is 0 Å². The molecule has 4 heteroatoms. The van der Waals surface area contributed by atoms with Crippen molar-refractivity contribution >= 4 is 5.91 Å². The van der Waals surface area contributed by atoms with Gasteiger partial charge in [0.05, 0.1) is 6.54 Å². The van der Waals surface area contributed by atoms with Crippen LogP contribution in [0.3, 0.4) is 0 Å². The van der Waals surface area contributed by atoms with E-state index in [2.05, 4.69) is 24.3 Å². The summed E-state index contributed by atoms with van der Waals surface area (Å²) in [6.45, 7) is 4.51. The van der Waals surface area contributed by atoms with Crippen molar-refractivity contribution in [2.45, 2.75) is 25.7 Å². The summed E-state index contributed by atoms with van der Waals surface area (Å²) in [5.74, 6) is 0.269. The van der Waals surface area contributed by atoms with Crippen LogP contribution in [0.1, 0.15) is 25.7 Å². The third kappa shape index (κ3) is 5.47. The highest BCUT2D eigenvalue weighted by molar-refractivity contribution is 5.78. The van der Waals surface area contributed by atoms with Gasteiger partial charge in [-0.3, -0.25) is 4.79 Å². The van der Waals surface area contributed by atoms with Gasteiger partial charge in [-0.2, -0.15) is 0 Å². The monoisotopic (exact) mass is 227 g/mol. The number of carbonyl (C=O) groups is 1. The molecule has 4 nitrogen and oxygen atoms in total. The second kappa shape index (κ2) is 7.63. The molecule has 0 radical (unpaired) electrons. The molecule has 0 saturated carbocycles. The lowest BCUT2D eigenvalue weighted by molar-refractivity contribution is -0.129. The van der Waals surface area contributed by atoms with Crippen molar-refractivity contribution in [3.05, 3.63) is 0 Å². The van der Waals surface area contributed by atoms with Gasteiger partial charge in [-0.25, -0.2) is 0 Å². The molecule has 0 aromatic carbocycles. The van der Waals surface area contributed by atoms with E-state index in [1.165, 1.54) is 19.3 Å². The SMILES string of the molecule is CN(C)CCCCNCC(=O)N1CCCC1. The van der Waals surface area contributed by atoms with Gasteiger partial charge in [0.15, 0.2) is 0 Å². The molecule has 1 saturated heterocycles. The third-order valence-electron chi connectivity index (χ3n) is 2.94. The van der Waals surface area contributed by atoms with Crippen molar-refractivity contribution in [3.63, 3.8) is 0 Å². The molecule has 1 amide bonds. The van der Waals surface area contributed by atoms with Crippen LogP contribution in [0.4, 0.5) is 0 Å². The van der Waals surface area contributed by atoms with E-state index in [9.17, 15) is 4.79 Å². The maximum atomic E-state index is 11.6. The molecule has 16 heavy (non-hydrogen) atoms. The highest BCUT2D eigenvalue weighted by Gasteiger charge is 2.16. The molecule has 0 aromatic heterocycles. The Bertz CT molecular complexity index is 200. The summed E-state index contributed by atoms with van der Waals surface area (Å²) >= 11 is 0. The number of rotatable bonds is 7. The highest BCUT2D eigenvalue weighted by Crippen LogP contribution is 2.06. The lowest BCUT2D eigenvalue weighted by Gasteiger charge is -2.15. The Morgan fingerprint density at radius 3 is 2.56 bits per heavy atom. The number of likely N-dealkylation sites (tertiary alicyclic amines) is 1. The van der Waals surface area contributed by atoms with Gasteiger partial charge in [0, 0.05) is 13.1 Å². The molecule has 1 fully saturated rings. The molecule has 1 N–H and O–H groups in total. The summed E-state index contributed by atoms with van der Waals surface area (Å²) in [6, 6.07) is 0. The van der Waals surface area contributed by atoms with Crippen LogP contribution in [-0.2, 0) is 4.79 Å². The largest absolute Gasteiger partial charge is 0.342 e. The first-order chi connectivity index (χ1) is 7.70. The molecule has 0 bridgehead atoms. The maximum Gasteiger partial charge on any atom is 0.236 e. The fourth-order valence-electron chi connectivity index (χ4n) is 1.95. The molecule has 1 heterocycles. The van der Waals surface area contributed by atoms with Gasteiger partial charge < -0.3 is 15.1 Å². The Balaban J connectivity index is 1.92. The Morgan fingerprint density at radius 2 is 1.94 bits per heavy atom. The smallest absolute Gasteiger partial charge is 0.236 e. The zero-order valence-electron chi connectivity index (χ0n) is 10.7. The molecule has 0 aromatic rings. The number of nitrogens with one attached hydrogen (secondary N) is 1. The summed E-state index contributed by atoms with van der Waals surface area (Å²) in [4.78, 5) is 15.8. The van der Waals surface area contributed by atoms with Crippen molar-refractivity contribution in [3.8, 4) is 0 Å². The van der Waals surface area contributed by atoms with Gasteiger partial charge >= 0.3 is 0 Å². The van der Waals surface area contributed by atoms with E-state index in [1.54, 1.807) is 0 Å².